The molecule has 0 amide bonds. The number of aryl methyl sites for hydroxylation is 1. The number of nitrogens with two attached hydrogens (primary N) is 1. The van der Waals surface area contributed by atoms with E-state index in [4.69, 9.17) is 10.5 Å². The highest BCUT2D eigenvalue weighted by atomic mass is 79.9. The number of imidazole rings is 1. The molecule has 40 heavy (non-hydrogen) atoms. The SMILES string of the molecule is CC(=CCn1c[n+](C)c2ncnc(N)c21)CC[C@]1(C)[C@@H](C)CC[C@@]2(C)C(COC(=O)c3cc(Br)c[nH]3)=CCC[C@@H]12. The van der Waals surface area contributed by atoms with Crippen LogP contribution in [-0.4, -0.2) is 32.1 Å². The van der Waals surface area contributed by atoms with Gasteiger partial charge in [0.2, 0.25) is 5.52 Å². The fourth-order valence-corrected chi connectivity index (χ4v) is 7.68. The number of nitrogens with one attached hydrogen (secondary N) is 1. The third-order valence-electron chi connectivity index (χ3n) is 10.1. The molecule has 0 aliphatic heterocycles. The number of carbonyl (C=O) groups excluding carboxylic acids is 1. The Morgan fingerprint density at radius 3 is 2.90 bits per heavy atom. The van der Waals surface area contributed by atoms with Crippen LogP contribution in [0, 0.1) is 22.7 Å². The maximum Gasteiger partial charge on any atom is 0.355 e. The number of allylic oxidation sites excluding steroid dienone is 3. The lowest BCUT2D eigenvalue weighted by atomic mass is 9.47. The van der Waals surface area contributed by atoms with Crippen molar-refractivity contribution in [2.75, 3.05) is 12.3 Å². The Kier molecular flexibility index (Phi) is 7.97. The minimum Gasteiger partial charge on any atom is -0.456 e. The van der Waals surface area contributed by atoms with Crippen molar-refractivity contribution in [1.29, 1.82) is 0 Å². The first kappa shape index (κ1) is 28.6. The van der Waals surface area contributed by atoms with E-state index < -0.39 is 0 Å². The van der Waals surface area contributed by atoms with Gasteiger partial charge in [-0.1, -0.05) is 43.5 Å². The van der Waals surface area contributed by atoms with Crippen molar-refractivity contribution in [2.24, 2.45) is 29.7 Å². The summed E-state index contributed by atoms with van der Waals surface area (Å²) in [5, 5.41) is 0. The van der Waals surface area contributed by atoms with Crippen LogP contribution in [0.3, 0.4) is 0 Å². The molecule has 5 rings (SSSR count). The van der Waals surface area contributed by atoms with E-state index in [-0.39, 0.29) is 16.8 Å². The van der Waals surface area contributed by atoms with Crippen LogP contribution < -0.4 is 10.3 Å². The molecule has 4 atom stereocenters. The highest BCUT2D eigenvalue weighted by Crippen LogP contribution is 2.62. The number of aromatic nitrogens is 5. The third-order valence-corrected chi connectivity index (χ3v) is 10.5. The smallest absolute Gasteiger partial charge is 0.355 e. The Labute approximate surface area is 245 Å². The minimum atomic E-state index is -0.303. The van der Waals surface area contributed by atoms with Gasteiger partial charge in [0.05, 0.1) is 13.6 Å². The summed E-state index contributed by atoms with van der Waals surface area (Å²) in [6.07, 6.45) is 16.7. The lowest BCUT2D eigenvalue weighted by Crippen LogP contribution is -2.50. The molecule has 8 nitrogen and oxygen atoms in total. The van der Waals surface area contributed by atoms with E-state index in [9.17, 15) is 4.79 Å². The van der Waals surface area contributed by atoms with Gasteiger partial charge in [-0.05, 0) is 95.7 Å². The maximum absolute atomic E-state index is 12.7. The zero-order valence-corrected chi connectivity index (χ0v) is 25.9. The molecule has 9 heteroatoms. The molecule has 1 fully saturated rings. The summed E-state index contributed by atoms with van der Waals surface area (Å²) in [7, 11) is 1.98. The molecule has 0 aromatic carbocycles. The molecule has 0 bridgehead atoms. The van der Waals surface area contributed by atoms with Gasteiger partial charge in [-0.25, -0.2) is 9.36 Å². The topological polar surface area (TPSA) is 103 Å². The fourth-order valence-electron chi connectivity index (χ4n) is 7.33. The summed E-state index contributed by atoms with van der Waals surface area (Å²) in [6.45, 7) is 10.7. The highest BCUT2D eigenvalue weighted by Gasteiger charge is 2.53. The van der Waals surface area contributed by atoms with E-state index in [1.54, 1.807) is 12.3 Å². The number of anilines is 1. The zero-order chi connectivity index (χ0) is 28.7. The number of aromatic amines is 1. The van der Waals surface area contributed by atoms with E-state index in [1.807, 2.05) is 17.9 Å². The number of nitrogen functional groups attached to an aromatic ring is 1. The molecular weight excluding hydrogens is 568 g/mol. The number of rotatable bonds is 8. The molecule has 3 N–H and O–H groups in total. The number of hydrogen-bond donors (Lipinski definition) is 2. The van der Waals surface area contributed by atoms with E-state index in [0.29, 0.717) is 30.0 Å². The number of H-pyrrole nitrogens is 1. The second kappa shape index (κ2) is 11.1. The van der Waals surface area contributed by atoms with Gasteiger partial charge in [-0.15, -0.1) is 0 Å². The summed E-state index contributed by atoms with van der Waals surface area (Å²) >= 11 is 3.39. The molecule has 0 saturated heterocycles. The van der Waals surface area contributed by atoms with E-state index in [1.165, 1.54) is 30.3 Å². The van der Waals surface area contributed by atoms with Crippen LogP contribution in [0.25, 0.3) is 11.2 Å². The highest BCUT2D eigenvalue weighted by molar-refractivity contribution is 9.10. The molecule has 2 aliphatic rings. The first-order chi connectivity index (χ1) is 19.0. The van der Waals surface area contributed by atoms with Crippen LogP contribution in [-0.2, 0) is 18.3 Å². The second-order valence-corrected chi connectivity index (χ2v) is 13.3. The Hall–Kier alpha value is -2.94. The van der Waals surface area contributed by atoms with Crippen LogP contribution in [0.5, 0.6) is 0 Å². The van der Waals surface area contributed by atoms with Gasteiger partial charge in [0.25, 0.3) is 0 Å². The van der Waals surface area contributed by atoms with Crippen LogP contribution in [0.1, 0.15) is 76.7 Å². The molecular formula is C31H42BrN6O2+. The molecule has 0 spiro atoms. The third kappa shape index (κ3) is 5.24. The number of ether oxygens (including phenoxy) is 1. The molecule has 3 aromatic heterocycles. The number of carbonyl (C=O) groups is 1. The average molecular weight is 611 g/mol. The zero-order valence-electron chi connectivity index (χ0n) is 24.3. The molecule has 2 aliphatic carbocycles. The van der Waals surface area contributed by atoms with Crippen molar-refractivity contribution in [1.82, 2.24) is 19.5 Å². The monoisotopic (exact) mass is 609 g/mol. The first-order valence-electron chi connectivity index (χ1n) is 14.3. The first-order valence-corrected chi connectivity index (χ1v) is 15.1. The molecule has 1 saturated carbocycles. The van der Waals surface area contributed by atoms with Gasteiger partial charge in [0.1, 0.15) is 12.3 Å². The molecule has 0 unspecified atom stereocenters. The Morgan fingerprint density at radius 2 is 2.15 bits per heavy atom. The minimum absolute atomic E-state index is 0.0457. The average Bonchev–Trinajstić information content (AvgIpc) is 3.51. The Morgan fingerprint density at radius 1 is 1.35 bits per heavy atom. The molecule has 214 valence electrons. The van der Waals surface area contributed by atoms with Crippen molar-refractivity contribution >= 4 is 38.9 Å². The van der Waals surface area contributed by atoms with Crippen LogP contribution in [0.4, 0.5) is 5.82 Å². The summed E-state index contributed by atoms with van der Waals surface area (Å²) in [6, 6.07) is 1.76. The van der Waals surface area contributed by atoms with Crippen LogP contribution in [0.2, 0.25) is 0 Å². The van der Waals surface area contributed by atoms with Crippen LogP contribution in [0.15, 0.2) is 52.7 Å². The standard InChI is InChI=1S/C31H41BrN6O2/c1-20(11-14-38-19-37(5)28-26(38)27(33)35-18-36-28)9-12-30(3)21(2)10-13-31(4)22(7-6-8-25(30)31)17-40-29(39)24-15-23(32)16-34-24/h7,11,15-16,18-19,21,25H,6,8-10,12-14,17H2,1-5H3,(H2-,33,34,35,36,39)/p+1/t21-,25-,30+,31-/m0/s1. The normalized spacial score (nSPS) is 26.9. The molecule has 3 aromatic rings. The van der Waals surface area contributed by atoms with Crippen LogP contribution >= 0.6 is 15.9 Å². The van der Waals surface area contributed by atoms with Gasteiger partial charge >= 0.3 is 11.6 Å². The van der Waals surface area contributed by atoms with Crippen molar-refractivity contribution in [2.45, 2.75) is 72.8 Å². The number of hydrogen-bond acceptors (Lipinski definition) is 5. The number of nitrogens with zero attached hydrogens (tertiary/aromatic N) is 4. The summed E-state index contributed by atoms with van der Waals surface area (Å²) in [5.41, 5.74) is 11.3. The van der Waals surface area contributed by atoms with Gasteiger partial charge in [0, 0.05) is 10.7 Å². The number of esters is 1. The van der Waals surface area contributed by atoms with Crippen molar-refractivity contribution in [3.63, 3.8) is 0 Å². The predicted octanol–water partition coefficient (Wildman–Crippen LogP) is 6.29. The van der Waals surface area contributed by atoms with Gasteiger partial charge in [0.15, 0.2) is 18.5 Å². The van der Waals surface area contributed by atoms with Crippen molar-refractivity contribution < 1.29 is 14.1 Å². The largest absolute Gasteiger partial charge is 0.456 e. The van der Waals surface area contributed by atoms with Gasteiger partial charge < -0.3 is 15.5 Å². The molecule has 3 heterocycles. The number of halogens is 1. The van der Waals surface area contributed by atoms with Crippen molar-refractivity contribution in [3.05, 3.63) is 58.4 Å². The van der Waals surface area contributed by atoms with Gasteiger partial charge in [-0.2, -0.15) is 4.98 Å². The lowest BCUT2D eigenvalue weighted by Gasteiger charge is -2.58. The van der Waals surface area contributed by atoms with E-state index in [2.05, 4.69) is 75.3 Å². The number of fused-ring (bicyclic) bond motifs is 2. The summed E-state index contributed by atoms with van der Waals surface area (Å²) < 4.78 is 10.8. The fraction of sp³-hybridized carbons (Fsp3) is 0.548. The summed E-state index contributed by atoms with van der Waals surface area (Å²) in [4.78, 5) is 24.2. The van der Waals surface area contributed by atoms with Crippen molar-refractivity contribution in [3.8, 4) is 0 Å². The van der Waals surface area contributed by atoms with E-state index >= 15 is 0 Å². The predicted molar refractivity (Wildman–Crippen MR) is 160 cm³/mol. The Balaban J connectivity index is 1.27. The Bertz CT molecular complexity index is 1470. The second-order valence-electron chi connectivity index (χ2n) is 12.4. The summed E-state index contributed by atoms with van der Waals surface area (Å²) in [5.74, 6) is 1.40. The van der Waals surface area contributed by atoms with Gasteiger partial charge in [-0.3, -0.25) is 4.57 Å². The maximum atomic E-state index is 12.7. The quantitative estimate of drug-likeness (QED) is 0.177. The molecule has 0 radical (unpaired) electrons. The lowest BCUT2D eigenvalue weighted by molar-refractivity contribution is -0.647. The van der Waals surface area contributed by atoms with E-state index in [0.717, 1.165) is 47.9 Å².